The quantitative estimate of drug-likeness (QED) is 0.673. The minimum absolute atomic E-state index is 0.0520. The molecule has 2 heterocycles. The predicted molar refractivity (Wildman–Crippen MR) is 89.4 cm³/mol. The van der Waals surface area contributed by atoms with E-state index >= 15 is 0 Å². The Morgan fingerprint density at radius 3 is 2.83 bits per heavy atom. The molecule has 0 saturated carbocycles. The SMILES string of the molecule is Cn1cccc1[C@H]1CCCN1Cc1ccc(C(N)=O)cc1[N+](=O)[O-]. The Morgan fingerprint density at radius 2 is 2.21 bits per heavy atom. The van der Waals surface area contributed by atoms with Crippen molar-refractivity contribution in [2.24, 2.45) is 12.8 Å². The van der Waals surface area contributed by atoms with Crippen molar-refractivity contribution in [1.29, 1.82) is 0 Å². The number of benzene rings is 1. The van der Waals surface area contributed by atoms with Gasteiger partial charge in [0.2, 0.25) is 5.91 Å². The number of primary amides is 1. The molecular weight excluding hydrogens is 308 g/mol. The van der Waals surface area contributed by atoms with Crippen LogP contribution in [0, 0.1) is 10.1 Å². The summed E-state index contributed by atoms with van der Waals surface area (Å²) in [6, 6.07) is 8.81. The zero-order valence-corrected chi connectivity index (χ0v) is 13.5. The lowest BCUT2D eigenvalue weighted by Gasteiger charge is -2.25. The number of aryl methyl sites for hydroxylation is 1. The molecule has 0 aliphatic carbocycles. The van der Waals surface area contributed by atoms with Crippen molar-refractivity contribution in [2.75, 3.05) is 6.54 Å². The van der Waals surface area contributed by atoms with Crippen LogP contribution in [0.15, 0.2) is 36.5 Å². The Morgan fingerprint density at radius 1 is 1.42 bits per heavy atom. The van der Waals surface area contributed by atoms with Gasteiger partial charge < -0.3 is 10.3 Å². The van der Waals surface area contributed by atoms with E-state index in [0.29, 0.717) is 12.1 Å². The highest BCUT2D eigenvalue weighted by Gasteiger charge is 2.29. The number of nitro benzene ring substituents is 1. The molecule has 3 rings (SSSR count). The Bertz CT molecular complexity index is 784. The summed E-state index contributed by atoms with van der Waals surface area (Å²) in [6.45, 7) is 1.37. The molecule has 0 unspecified atom stereocenters. The lowest BCUT2D eigenvalue weighted by Crippen LogP contribution is -2.24. The van der Waals surface area contributed by atoms with Gasteiger partial charge in [-0.25, -0.2) is 0 Å². The van der Waals surface area contributed by atoms with Gasteiger partial charge in [-0.05, 0) is 37.6 Å². The van der Waals surface area contributed by atoms with Crippen molar-refractivity contribution in [3.63, 3.8) is 0 Å². The molecule has 1 fully saturated rings. The lowest BCUT2D eigenvalue weighted by atomic mass is 10.1. The number of aromatic nitrogens is 1. The van der Waals surface area contributed by atoms with Crippen molar-refractivity contribution in [3.05, 3.63) is 63.5 Å². The highest BCUT2D eigenvalue weighted by Crippen LogP contribution is 2.34. The molecule has 24 heavy (non-hydrogen) atoms. The van der Waals surface area contributed by atoms with E-state index in [0.717, 1.165) is 19.4 Å². The van der Waals surface area contributed by atoms with Crippen LogP contribution in [0.25, 0.3) is 0 Å². The number of carbonyl (C=O) groups is 1. The first-order valence-corrected chi connectivity index (χ1v) is 7.90. The summed E-state index contributed by atoms with van der Waals surface area (Å²) in [6.07, 6.45) is 4.10. The third-order valence-corrected chi connectivity index (χ3v) is 4.63. The minimum Gasteiger partial charge on any atom is -0.366 e. The fraction of sp³-hybridized carbons (Fsp3) is 0.353. The first-order valence-electron chi connectivity index (χ1n) is 7.90. The highest BCUT2D eigenvalue weighted by atomic mass is 16.6. The first kappa shape index (κ1) is 16.2. The summed E-state index contributed by atoms with van der Waals surface area (Å²) in [5, 5.41) is 11.4. The van der Waals surface area contributed by atoms with Gasteiger partial charge in [0.25, 0.3) is 5.69 Å². The Labute approximate surface area is 139 Å². The molecule has 1 atom stereocenters. The molecule has 1 saturated heterocycles. The van der Waals surface area contributed by atoms with Crippen LogP contribution in [0.4, 0.5) is 5.69 Å². The second kappa shape index (κ2) is 6.45. The zero-order chi connectivity index (χ0) is 17.3. The Hall–Kier alpha value is -2.67. The largest absolute Gasteiger partial charge is 0.366 e. The molecule has 1 aliphatic heterocycles. The molecule has 2 N–H and O–H groups in total. The van der Waals surface area contributed by atoms with Crippen LogP contribution in [0.3, 0.4) is 0 Å². The molecule has 7 heteroatoms. The number of amides is 1. The molecule has 0 radical (unpaired) electrons. The van der Waals surface area contributed by atoms with E-state index in [9.17, 15) is 14.9 Å². The van der Waals surface area contributed by atoms with E-state index in [1.54, 1.807) is 12.1 Å². The third-order valence-electron chi connectivity index (χ3n) is 4.63. The van der Waals surface area contributed by atoms with Gasteiger partial charge in [0.15, 0.2) is 0 Å². The molecular formula is C17H20N4O3. The predicted octanol–water partition coefficient (Wildman–Crippen LogP) is 2.37. The number of rotatable bonds is 5. The van der Waals surface area contributed by atoms with Gasteiger partial charge >= 0.3 is 0 Å². The van der Waals surface area contributed by atoms with Crippen LogP contribution in [0.2, 0.25) is 0 Å². The van der Waals surface area contributed by atoms with Gasteiger partial charge in [0.1, 0.15) is 0 Å². The van der Waals surface area contributed by atoms with E-state index in [2.05, 4.69) is 15.5 Å². The maximum Gasteiger partial charge on any atom is 0.274 e. The number of hydrogen-bond donors (Lipinski definition) is 1. The van der Waals surface area contributed by atoms with Gasteiger partial charge in [-0.1, -0.05) is 6.07 Å². The van der Waals surface area contributed by atoms with Gasteiger partial charge in [-0.2, -0.15) is 0 Å². The number of nitrogens with zero attached hydrogens (tertiary/aromatic N) is 3. The maximum absolute atomic E-state index is 11.4. The van der Waals surface area contributed by atoms with Gasteiger partial charge in [0, 0.05) is 42.7 Å². The summed E-state index contributed by atoms with van der Waals surface area (Å²) in [4.78, 5) is 24.4. The lowest BCUT2D eigenvalue weighted by molar-refractivity contribution is -0.385. The topological polar surface area (TPSA) is 94.4 Å². The van der Waals surface area contributed by atoms with Crippen molar-refractivity contribution in [2.45, 2.75) is 25.4 Å². The van der Waals surface area contributed by atoms with Crippen LogP contribution in [-0.2, 0) is 13.6 Å². The molecule has 7 nitrogen and oxygen atoms in total. The van der Waals surface area contributed by atoms with Crippen molar-refractivity contribution < 1.29 is 9.72 Å². The molecule has 2 aromatic rings. The number of nitrogens with two attached hydrogens (primary N) is 1. The maximum atomic E-state index is 11.4. The zero-order valence-electron chi connectivity index (χ0n) is 13.5. The average Bonchev–Trinajstić information content (AvgIpc) is 3.15. The highest BCUT2D eigenvalue weighted by molar-refractivity contribution is 5.93. The van der Waals surface area contributed by atoms with Crippen molar-refractivity contribution in [1.82, 2.24) is 9.47 Å². The molecule has 1 amide bonds. The summed E-state index contributed by atoms with van der Waals surface area (Å²) in [5.74, 6) is -0.660. The average molecular weight is 328 g/mol. The van der Waals surface area contributed by atoms with Crippen molar-refractivity contribution >= 4 is 11.6 Å². The van der Waals surface area contributed by atoms with E-state index < -0.39 is 10.8 Å². The minimum atomic E-state index is -0.660. The van der Waals surface area contributed by atoms with Gasteiger partial charge in [-0.3, -0.25) is 19.8 Å². The van der Waals surface area contributed by atoms with Crippen molar-refractivity contribution in [3.8, 4) is 0 Å². The number of nitro groups is 1. The number of hydrogen-bond acceptors (Lipinski definition) is 4. The second-order valence-corrected chi connectivity index (χ2v) is 6.14. The summed E-state index contributed by atoms with van der Waals surface area (Å²) < 4.78 is 2.09. The van der Waals surface area contributed by atoms with Crippen LogP contribution in [0.5, 0.6) is 0 Å². The van der Waals surface area contributed by atoms with Crippen LogP contribution in [0.1, 0.15) is 40.5 Å². The third kappa shape index (κ3) is 3.03. The monoisotopic (exact) mass is 328 g/mol. The summed E-state index contributed by atoms with van der Waals surface area (Å²) in [7, 11) is 2.01. The molecule has 0 bridgehead atoms. The van der Waals surface area contributed by atoms with Crippen LogP contribution in [-0.4, -0.2) is 26.8 Å². The van der Waals surface area contributed by atoms with Crippen LogP contribution >= 0.6 is 0 Å². The summed E-state index contributed by atoms with van der Waals surface area (Å²) in [5.41, 5.74) is 7.15. The smallest absolute Gasteiger partial charge is 0.274 e. The Kier molecular flexibility index (Phi) is 4.35. The Balaban J connectivity index is 1.89. The fourth-order valence-corrected chi connectivity index (χ4v) is 3.41. The molecule has 126 valence electrons. The van der Waals surface area contributed by atoms with E-state index in [1.165, 1.54) is 11.8 Å². The molecule has 1 aromatic carbocycles. The van der Waals surface area contributed by atoms with Crippen LogP contribution < -0.4 is 5.73 Å². The standard InChI is InChI=1S/C17H20N4O3/c1-19-8-2-4-14(19)15-5-3-9-20(15)11-13-7-6-12(17(18)22)10-16(13)21(23)24/h2,4,6-8,10,15H,3,5,9,11H2,1H3,(H2,18,22)/t15-/m1/s1. The van der Waals surface area contributed by atoms with E-state index in [-0.39, 0.29) is 17.3 Å². The van der Waals surface area contributed by atoms with Gasteiger partial charge in [0.05, 0.1) is 11.0 Å². The fourth-order valence-electron chi connectivity index (χ4n) is 3.41. The normalized spacial score (nSPS) is 18.0. The molecule has 1 aromatic heterocycles. The number of likely N-dealkylation sites (tertiary alicyclic amines) is 1. The second-order valence-electron chi connectivity index (χ2n) is 6.14. The van der Waals surface area contributed by atoms with Gasteiger partial charge in [-0.15, -0.1) is 0 Å². The first-order chi connectivity index (χ1) is 11.5. The molecule has 1 aliphatic rings. The molecule has 0 spiro atoms. The van der Waals surface area contributed by atoms with E-state index in [4.69, 9.17) is 5.73 Å². The summed E-state index contributed by atoms with van der Waals surface area (Å²) >= 11 is 0. The number of carbonyl (C=O) groups excluding carboxylic acids is 1. The van der Waals surface area contributed by atoms with E-state index in [1.807, 2.05) is 19.3 Å².